The predicted octanol–water partition coefficient (Wildman–Crippen LogP) is 2.62. The number of esters is 1. The lowest BCUT2D eigenvalue weighted by Gasteiger charge is -2.14. The molecule has 0 aromatic heterocycles. The number of imide groups is 1. The van der Waals surface area contributed by atoms with Crippen LogP contribution in [0.25, 0.3) is 0 Å². The fourth-order valence-electron chi connectivity index (χ4n) is 1.90. The van der Waals surface area contributed by atoms with E-state index in [0.717, 1.165) is 18.2 Å². The van der Waals surface area contributed by atoms with Crippen LogP contribution in [-0.2, 0) is 14.3 Å². The molecule has 1 atom stereocenters. The van der Waals surface area contributed by atoms with E-state index in [-0.39, 0.29) is 11.4 Å². The Kier molecular flexibility index (Phi) is 6.81. The summed E-state index contributed by atoms with van der Waals surface area (Å²) < 4.78 is 36.2. The number of halogens is 2. The van der Waals surface area contributed by atoms with E-state index in [0.29, 0.717) is 0 Å². The first kappa shape index (κ1) is 19.8. The summed E-state index contributed by atoms with van der Waals surface area (Å²) in [6.07, 6.45) is -1.06. The van der Waals surface area contributed by atoms with Crippen molar-refractivity contribution in [2.45, 2.75) is 13.0 Å². The van der Waals surface area contributed by atoms with Crippen LogP contribution in [0.15, 0.2) is 48.5 Å². The quantitative estimate of drug-likeness (QED) is 0.754. The van der Waals surface area contributed by atoms with Crippen LogP contribution < -0.4 is 15.4 Å². The monoisotopic (exact) mass is 378 g/mol. The highest BCUT2D eigenvalue weighted by molar-refractivity contribution is 6.01. The molecule has 2 aromatic rings. The number of anilines is 1. The van der Waals surface area contributed by atoms with Crippen molar-refractivity contribution in [2.24, 2.45) is 0 Å². The van der Waals surface area contributed by atoms with Gasteiger partial charge in [0.2, 0.25) is 0 Å². The van der Waals surface area contributed by atoms with E-state index < -0.39 is 42.3 Å². The Labute approximate surface area is 153 Å². The molecule has 0 radical (unpaired) electrons. The van der Waals surface area contributed by atoms with Crippen LogP contribution >= 0.6 is 0 Å². The molecule has 0 unspecified atom stereocenters. The topological polar surface area (TPSA) is 93.7 Å². The molecule has 2 aromatic carbocycles. The summed E-state index contributed by atoms with van der Waals surface area (Å²) in [6, 6.07) is 9.41. The Morgan fingerprint density at radius 2 is 1.70 bits per heavy atom. The molecule has 0 saturated heterocycles. The molecule has 0 aliphatic rings. The number of ether oxygens (including phenoxy) is 2. The summed E-state index contributed by atoms with van der Waals surface area (Å²) in [6.45, 7) is 0.648. The number of urea groups is 1. The summed E-state index contributed by atoms with van der Waals surface area (Å²) in [7, 11) is 0. The highest BCUT2D eigenvalue weighted by Gasteiger charge is 2.19. The molecule has 0 bridgehead atoms. The number of amides is 3. The van der Waals surface area contributed by atoms with Gasteiger partial charge in [0.25, 0.3) is 5.91 Å². The average Bonchev–Trinajstić information content (AvgIpc) is 2.63. The van der Waals surface area contributed by atoms with Gasteiger partial charge in [-0.25, -0.2) is 18.4 Å². The number of hydrogen-bond donors (Lipinski definition) is 2. The molecule has 3 amide bonds. The highest BCUT2D eigenvalue weighted by Crippen LogP contribution is 2.14. The normalized spacial score (nSPS) is 11.2. The Morgan fingerprint density at radius 3 is 2.37 bits per heavy atom. The summed E-state index contributed by atoms with van der Waals surface area (Å²) in [5.41, 5.74) is -0.110. The average molecular weight is 378 g/mol. The number of carbonyl (C=O) groups is 3. The second kappa shape index (κ2) is 9.27. The van der Waals surface area contributed by atoms with Gasteiger partial charge in [-0.1, -0.05) is 12.1 Å². The van der Waals surface area contributed by atoms with Crippen molar-refractivity contribution in [2.75, 3.05) is 11.9 Å². The second-order valence-electron chi connectivity index (χ2n) is 5.30. The SMILES string of the molecule is C[C@H](Oc1ccc(F)cc1)C(=O)OCC(=O)NC(=O)Nc1ccccc1F. The zero-order valence-corrected chi connectivity index (χ0v) is 14.2. The summed E-state index contributed by atoms with van der Waals surface area (Å²) in [5, 5.41) is 4.04. The van der Waals surface area contributed by atoms with Crippen LogP contribution in [0.5, 0.6) is 5.75 Å². The lowest BCUT2D eigenvalue weighted by molar-refractivity contribution is -0.154. The van der Waals surface area contributed by atoms with Crippen molar-refractivity contribution in [3.8, 4) is 5.75 Å². The van der Waals surface area contributed by atoms with Gasteiger partial charge in [0, 0.05) is 0 Å². The van der Waals surface area contributed by atoms with E-state index in [1.165, 1.54) is 37.3 Å². The van der Waals surface area contributed by atoms with Crippen molar-refractivity contribution in [3.63, 3.8) is 0 Å². The fraction of sp³-hybridized carbons (Fsp3) is 0.167. The third-order valence-electron chi connectivity index (χ3n) is 3.18. The summed E-state index contributed by atoms with van der Waals surface area (Å²) in [4.78, 5) is 35.0. The van der Waals surface area contributed by atoms with Gasteiger partial charge in [-0.15, -0.1) is 0 Å². The van der Waals surface area contributed by atoms with Crippen molar-refractivity contribution in [1.29, 1.82) is 0 Å². The van der Waals surface area contributed by atoms with Crippen molar-refractivity contribution in [3.05, 3.63) is 60.2 Å². The number of carbonyl (C=O) groups excluding carboxylic acids is 3. The summed E-state index contributed by atoms with van der Waals surface area (Å²) in [5.74, 6) is -2.65. The van der Waals surface area contributed by atoms with E-state index in [9.17, 15) is 23.2 Å². The van der Waals surface area contributed by atoms with Crippen molar-refractivity contribution >= 4 is 23.6 Å². The molecule has 2 N–H and O–H groups in total. The minimum absolute atomic E-state index is 0.110. The smallest absolute Gasteiger partial charge is 0.347 e. The largest absolute Gasteiger partial charge is 0.479 e. The standard InChI is InChI=1S/C18H16F2N2O5/c1-11(27-13-8-6-12(19)7-9-13)17(24)26-10-16(23)22-18(25)21-15-5-3-2-4-14(15)20/h2-9,11H,10H2,1H3,(H2,21,22,23,25)/t11-/m0/s1. The maximum atomic E-state index is 13.4. The van der Waals surface area contributed by atoms with Gasteiger partial charge >= 0.3 is 12.0 Å². The lowest BCUT2D eigenvalue weighted by Crippen LogP contribution is -2.38. The molecular weight excluding hydrogens is 362 g/mol. The van der Waals surface area contributed by atoms with Gasteiger partial charge in [0.15, 0.2) is 12.7 Å². The second-order valence-corrected chi connectivity index (χ2v) is 5.30. The van der Waals surface area contributed by atoms with E-state index in [4.69, 9.17) is 9.47 Å². The van der Waals surface area contributed by atoms with Crippen molar-refractivity contribution in [1.82, 2.24) is 5.32 Å². The van der Waals surface area contributed by atoms with E-state index in [2.05, 4.69) is 5.32 Å². The third-order valence-corrected chi connectivity index (χ3v) is 3.18. The van der Waals surface area contributed by atoms with E-state index >= 15 is 0 Å². The molecule has 0 fully saturated rings. The van der Waals surface area contributed by atoms with Gasteiger partial charge < -0.3 is 14.8 Å². The molecule has 2 rings (SSSR count). The zero-order valence-electron chi connectivity index (χ0n) is 14.2. The molecule has 0 spiro atoms. The van der Waals surface area contributed by atoms with E-state index in [1.807, 2.05) is 5.32 Å². The van der Waals surface area contributed by atoms with Gasteiger partial charge in [0.1, 0.15) is 17.4 Å². The number of nitrogens with one attached hydrogen (secondary N) is 2. The van der Waals surface area contributed by atoms with Crippen LogP contribution in [0.4, 0.5) is 19.3 Å². The Morgan fingerprint density at radius 1 is 1.04 bits per heavy atom. The number of benzene rings is 2. The predicted molar refractivity (Wildman–Crippen MR) is 91.0 cm³/mol. The molecule has 7 nitrogen and oxygen atoms in total. The first-order valence-corrected chi connectivity index (χ1v) is 7.79. The highest BCUT2D eigenvalue weighted by atomic mass is 19.1. The first-order chi connectivity index (χ1) is 12.8. The Balaban J connectivity index is 1.75. The number of rotatable bonds is 6. The minimum Gasteiger partial charge on any atom is -0.479 e. The molecular formula is C18H16F2N2O5. The molecule has 0 heterocycles. The zero-order chi connectivity index (χ0) is 19.8. The van der Waals surface area contributed by atoms with Gasteiger partial charge in [-0.2, -0.15) is 0 Å². The van der Waals surface area contributed by atoms with Gasteiger partial charge in [-0.3, -0.25) is 10.1 Å². The lowest BCUT2D eigenvalue weighted by atomic mass is 10.3. The molecule has 0 aliphatic heterocycles. The Bertz CT molecular complexity index is 827. The summed E-state index contributed by atoms with van der Waals surface area (Å²) >= 11 is 0. The first-order valence-electron chi connectivity index (χ1n) is 7.79. The fourth-order valence-corrected chi connectivity index (χ4v) is 1.90. The molecule has 0 aliphatic carbocycles. The van der Waals surface area contributed by atoms with Gasteiger partial charge in [0.05, 0.1) is 5.69 Å². The van der Waals surface area contributed by atoms with Crippen LogP contribution in [0.3, 0.4) is 0 Å². The molecule has 27 heavy (non-hydrogen) atoms. The van der Waals surface area contributed by atoms with Crippen LogP contribution in [0.2, 0.25) is 0 Å². The molecule has 0 saturated carbocycles. The van der Waals surface area contributed by atoms with Gasteiger partial charge in [-0.05, 0) is 43.3 Å². The Hall–Kier alpha value is -3.49. The van der Waals surface area contributed by atoms with Crippen LogP contribution in [0.1, 0.15) is 6.92 Å². The number of para-hydroxylation sites is 1. The molecule has 9 heteroatoms. The third kappa shape index (κ3) is 6.38. The van der Waals surface area contributed by atoms with Crippen LogP contribution in [-0.4, -0.2) is 30.6 Å². The minimum atomic E-state index is -1.06. The van der Waals surface area contributed by atoms with E-state index in [1.54, 1.807) is 0 Å². The molecule has 142 valence electrons. The maximum absolute atomic E-state index is 13.4. The maximum Gasteiger partial charge on any atom is 0.347 e. The number of hydrogen-bond acceptors (Lipinski definition) is 5. The van der Waals surface area contributed by atoms with Crippen molar-refractivity contribution < 1.29 is 32.6 Å². The van der Waals surface area contributed by atoms with Crippen LogP contribution in [0, 0.1) is 11.6 Å².